The summed E-state index contributed by atoms with van der Waals surface area (Å²) in [5, 5.41) is 4.45. The molecule has 0 spiro atoms. The van der Waals surface area contributed by atoms with E-state index in [0.29, 0.717) is 0 Å². The van der Waals surface area contributed by atoms with Crippen LogP contribution >= 0.6 is 11.6 Å². The van der Waals surface area contributed by atoms with Gasteiger partial charge in [-0.1, -0.05) is 23.7 Å². The van der Waals surface area contributed by atoms with Gasteiger partial charge < -0.3 is 10.2 Å². The Morgan fingerprint density at radius 2 is 1.85 bits per heavy atom. The predicted octanol–water partition coefficient (Wildman–Crippen LogP) is 2.60. The van der Waals surface area contributed by atoms with E-state index in [4.69, 9.17) is 11.6 Å². The molecule has 1 saturated heterocycles. The van der Waals surface area contributed by atoms with Gasteiger partial charge in [0.05, 0.1) is 10.7 Å². The number of hydrogen-bond donors (Lipinski definition) is 1. The van der Waals surface area contributed by atoms with Crippen molar-refractivity contribution in [2.45, 2.75) is 25.3 Å². The third-order valence-electron chi connectivity index (χ3n) is 4.23. The summed E-state index contributed by atoms with van der Waals surface area (Å²) in [6.07, 6.45) is 4.04. The minimum atomic E-state index is 0.840. The van der Waals surface area contributed by atoms with E-state index in [1.165, 1.54) is 38.0 Å². The van der Waals surface area contributed by atoms with E-state index in [9.17, 15) is 0 Å². The zero-order chi connectivity index (χ0) is 13.8. The first-order chi connectivity index (χ1) is 9.83. The molecule has 2 aliphatic rings. The zero-order valence-electron chi connectivity index (χ0n) is 12.0. The molecule has 20 heavy (non-hydrogen) atoms. The molecule has 1 aromatic rings. The summed E-state index contributed by atoms with van der Waals surface area (Å²) < 4.78 is 0. The van der Waals surface area contributed by atoms with E-state index in [0.717, 1.165) is 37.2 Å². The van der Waals surface area contributed by atoms with Crippen molar-refractivity contribution in [1.29, 1.82) is 0 Å². The van der Waals surface area contributed by atoms with Crippen LogP contribution in [0.15, 0.2) is 24.3 Å². The van der Waals surface area contributed by atoms with Crippen LogP contribution in [-0.2, 0) is 0 Å². The van der Waals surface area contributed by atoms with Gasteiger partial charge in [0.25, 0.3) is 0 Å². The molecule has 110 valence electrons. The Morgan fingerprint density at radius 1 is 1.10 bits per heavy atom. The maximum atomic E-state index is 6.27. The van der Waals surface area contributed by atoms with Crippen LogP contribution in [0.2, 0.25) is 5.02 Å². The van der Waals surface area contributed by atoms with E-state index in [1.54, 1.807) is 0 Å². The van der Waals surface area contributed by atoms with Gasteiger partial charge in [-0.2, -0.15) is 0 Å². The highest BCUT2D eigenvalue weighted by Crippen LogP contribution is 2.26. The number of nitrogens with one attached hydrogen (secondary N) is 1. The van der Waals surface area contributed by atoms with E-state index in [-0.39, 0.29) is 0 Å². The largest absolute Gasteiger partial charge is 0.368 e. The quantitative estimate of drug-likeness (QED) is 0.814. The van der Waals surface area contributed by atoms with Gasteiger partial charge in [0.15, 0.2) is 0 Å². The number of anilines is 1. The summed E-state index contributed by atoms with van der Waals surface area (Å²) >= 11 is 6.27. The molecular formula is C16H24ClN3. The van der Waals surface area contributed by atoms with Crippen molar-refractivity contribution in [2.24, 2.45) is 0 Å². The third-order valence-corrected chi connectivity index (χ3v) is 4.55. The van der Waals surface area contributed by atoms with Gasteiger partial charge in [0.1, 0.15) is 0 Å². The number of hydrogen-bond acceptors (Lipinski definition) is 3. The molecule has 0 radical (unpaired) electrons. The highest BCUT2D eigenvalue weighted by atomic mass is 35.5. The van der Waals surface area contributed by atoms with Gasteiger partial charge in [-0.05, 0) is 44.5 Å². The zero-order valence-corrected chi connectivity index (χ0v) is 12.8. The highest BCUT2D eigenvalue weighted by molar-refractivity contribution is 6.33. The van der Waals surface area contributed by atoms with Crippen LogP contribution in [0.5, 0.6) is 0 Å². The van der Waals surface area contributed by atoms with Gasteiger partial charge in [0, 0.05) is 32.2 Å². The monoisotopic (exact) mass is 293 g/mol. The second kappa shape index (κ2) is 6.79. The summed E-state index contributed by atoms with van der Waals surface area (Å²) in [5.41, 5.74) is 1.18. The fourth-order valence-corrected chi connectivity index (χ4v) is 3.07. The Labute approximate surface area is 126 Å². The Hall–Kier alpha value is -0.770. The second-order valence-corrected chi connectivity index (χ2v) is 6.27. The third kappa shape index (κ3) is 3.87. The number of nitrogens with zero attached hydrogens (tertiary/aromatic N) is 2. The summed E-state index contributed by atoms with van der Waals surface area (Å²) in [5.74, 6) is 0. The van der Waals surface area contributed by atoms with Gasteiger partial charge in [-0.25, -0.2) is 0 Å². The smallest absolute Gasteiger partial charge is 0.0639 e. The van der Waals surface area contributed by atoms with E-state index in [2.05, 4.69) is 27.2 Å². The van der Waals surface area contributed by atoms with Crippen LogP contribution in [0.3, 0.4) is 0 Å². The van der Waals surface area contributed by atoms with Gasteiger partial charge >= 0.3 is 0 Å². The lowest BCUT2D eigenvalue weighted by Gasteiger charge is -2.36. The average Bonchev–Trinajstić information content (AvgIpc) is 3.29. The molecule has 1 aliphatic carbocycles. The normalized spacial score (nSPS) is 20.4. The lowest BCUT2D eigenvalue weighted by molar-refractivity contribution is 0.254. The molecule has 1 aliphatic heterocycles. The van der Waals surface area contributed by atoms with E-state index in [1.807, 2.05) is 12.1 Å². The maximum Gasteiger partial charge on any atom is 0.0639 e. The number of benzene rings is 1. The predicted molar refractivity (Wildman–Crippen MR) is 85.7 cm³/mol. The van der Waals surface area contributed by atoms with Crippen LogP contribution in [-0.4, -0.2) is 50.2 Å². The molecule has 0 atom stereocenters. The molecule has 0 unspecified atom stereocenters. The minimum Gasteiger partial charge on any atom is -0.368 e. The topological polar surface area (TPSA) is 18.5 Å². The van der Waals surface area contributed by atoms with Crippen molar-refractivity contribution < 1.29 is 0 Å². The van der Waals surface area contributed by atoms with Crippen molar-refractivity contribution in [2.75, 3.05) is 44.2 Å². The molecule has 0 bridgehead atoms. The van der Waals surface area contributed by atoms with Gasteiger partial charge in [-0.3, -0.25) is 4.90 Å². The van der Waals surface area contributed by atoms with Crippen LogP contribution in [0.25, 0.3) is 0 Å². The Balaban J connectivity index is 1.39. The Morgan fingerprint density at radius 3 is 2.55 bits per heavy atom. The van der Waals surface area contributed by atoms with Crippen molar-refractivity contribution in [3.8, 4) is 0 Å². The molecule has 1 N–H and O–H groups in total. The van der Waals surface area contributed by atoms with Crippen molar-refractivity contribution in [3.63, 3.8) is 0 Å². The summed E-state index contributed by atoms with van der Waals surface area (Å²) in [4.78, 5) is 4.98. The fourth-order valence-electron chi connectivity index (χ4n) is 2.82. The molecule has 1 heterocycles. The number of piperazine rings is 1. The van der Waals surface area contributed by atoms with E-state index >= 15 is 0 Å². The van der Waals surface area contributed by atoms with Crippen LogP contribution in [0.4, 0.5) is 5.69 Å². The molecule has 4 heteroatoms. The van der Waals surface area contributed by atoms with Gasteiger partial charge in [-0.15, -0.1) is 0 Å². The highest BCUT2D eigenvalue weighted by Gasteiger charge is 2.20. The minimum absolute atomic E-state index is 0.840. The molecular weight excluding hydrogens is 270 g/mol. The summed E-state index contributed by atoms with van der Waals surface area (Å²) in [6.45, 7) is 6.86. The standard InChI is InChI=1S/C16H24ClN3/c17-15-4-1-2-5-16(15)20-12-10-19(11-13-20)9-3-8-18-14-6-7-14/h1-2,4-5,14,18H,3,6-13H2. The van der Waals surface area contributed by atoms with Gasteiger partial charge in [0.2, 0.25) is 0 Å². The first-order valence-electron chi connectivity index (χ1n) is 7.78. The second-order valence-electron chi connectivity index (χ2n) is 5.86. The number of halogens is 1. The lowest BCUT2D eigenvalue weighted by atomic mass is 10.2. The Kier molecular flexibility index (Phi) is 4.81. The first kappa shape index (κ1) is 14.2. The first-order valence-corrected chi connectivity index (χ1v) is 8.16. The number of para-hydroxylation sites is 1. The Bertz CT molecular complexity index is 425. The van der Waals surface area contributed by atoms with Crippen LogP contribution in [0.1, 0.15) is 19.3 Å². The molecule has 3 rings (SSSR count). The molecule has 0 aromatic heterocycles. The van der Waals surface area contributed by atoms with Crippen LogP contribution in [0, 0.1) is 0 Å². The molecule has 3 nitrogen and oxygen atoms in total. The SMILES string of the molecule is Clc1ccccc1N1CCN(CCCNC2CC2)CC1. The lowest BCUT2D eigenvalue weighted by Crippen LogP contribution is -2.47. The van der Waals surface area contributed by atoms with Crippen molar-refractivity contribution >= 4 is 17.3 Å². The molecule has 0 amide bonds. The number of rotatable bonds is 6. The fraction of sp³-hybridized carbons (Fsp3) is 0.625. The molecule has 2 fully saturated rings. The van der Waals surface area contributed by atoms with Crippen LogP contribution < -0.4 is 10.2 Å². The van der Waals surface area contributed by atoms with E-state index < -0.39 is 0 Å². The molecule has 1 aromatic carbocycles. The summed E-state index contributed by atoms with van der Waals surface area (Å²) in [7, 11) is 0. The molecule has 1 saturated carbocycles. The van der Waals surface area contributed by atoms with Crippen molar-refractivity contribution in [3.05, 3.63) is 29.3 Å². The van der Waals surface area contributed by atoms with Crippen molar-refractivity contribution in [1.82, 2.24) is 10.2 Å². The summed E-state index contributed by atoms with van der Waals surface area (Å²) in [6, 6.07) is 9.00. The average molecular weight is 294 g/mol. The maximum absolute atomic E-state index is 6.27.